The van der Waals surface area contributed by atoms with Gasteiger partial charge in [0.1, 0.15) is 5.56 Å². The summed E-state index contributed by atoms with van der Waals surface area (Å²) < 4.78 is 14.8. The lowest BCUT2D eigenvalue weighted by atomic mass is 10.2. The number of carbonyl (C=O) groups is 1. The van der Waals surface area contributed by atoms with E-state index in [0.717, 1.165) is 9.64 Å². The second-order valence-corrected chi connectivity index (χ2v) is 4.71. The first-order valence-corrected chi connectivity index (χ1v) is 6.06. The van der Waals surface area contributed by atoms with E-state index < -0.39 is 17.3 Å². The molecule has 0 radical (unpaired) electrons. The van der Waals surface area contributed by atoms with Crippen molar-refractivity contribution in [3.63, 3.8) is 0 Å². The number of rotatable bonds is 3. The molecule has 0 saturated heterocycles. The zero-order valence-corrected chi connectivity index (χ0v) is 11.2. The van der Waals surface area contributed by atoms with Crippen molar-refractivity contribution >= 4 is 40.1 Å². The third-order valence-corrected chi connectivity index (χ3v) is 2.88. The number of anilines is 2. The predicted octanol–water partition coefficient (Wildman–Crippen LogP) is 3.27. The Morgan fingerprint density at radius 3 is 2.83 bits per heavy atom. The Bertz CT molecular complexity index is 604. The topological polar surface area (TPSA) is 62.2 Å². The van der Waals surface area contributed by atoms with Crippen LogP contribution >= 0.6 is 22.6 Å². The van der Waals surface area contributed by atoms with Crippen LogP contribution in [-0.2, 0) is 0 Å². The molecule has 0 saturated carbocycles. The predicted molar refractivity (Wildman–Crippen MR) is 73.6 cm³/mol. The molecule has 1 aromatic heterocycles. The largest absolute Gasteiger partial charge is 0.478 e. The third kappa shape index (κ3) is 2.76. The number of halogens is 2. The van der Waals surface area contributed by atoms with Gasteiger partial charge in [0.05, 0.1) is 0 Å². The summed E-state index contributed by atoms with van der Waals surface area (Å²) >= 11 is 2.13. The van der Waals surface area contributed by atoms with Crippen LogP contribution in [-0.4, -0.2) is 16.1 Å². The number of pyridine rings is 1. The molecular formula is C12H8FIN2O2. The molecule has 0 atom stereocenters. The Morgan fingerprint density at radius 2 is 2.17 bits per heavy atom. The molecule has 0 fully saturated rings. The van der Waals surface area contributed by atoms with Crippen molar-refractivity contribution in [2.24, 2.45) is 0 Å². The summed E-state index contributed by atoms with van der Waals surface area (Å²) in [5, 5.41) is 11.6. The number of hydrogen-bond donors (Lipinski definition) is 2. The van der Waals surface area contributed by atoms with Gasteiger partial charge in [0.2, 0.25) is 0 Å². The summed E-state index contributed by atoms with van der Waals surface area (Å²) in [6.45, 7) is 0. The molecule has 2 aromatic rings. The Labute approximate surface area is 116 Å². The molecular weight excluding hydrogens is 350 g/mol. The van der Waals surface area contributed by atoms with E-state index in [-0.39, 0.29) is 5.82 Å². The van der Waals surface area contributed by atoms with Crippen molar-refractivity contribution in [2.45, 2.75) is 0 Å². The fraction of sp³-hybridized carbons (Fsp3) is 0. The summed E-state index contributed by atoms with van der Waals surface area (Å²) in [5.74, 6) is -2.29. The molecule has 2 rings (SSSR count). The summed E-state index contributed by atoms with van der Waals surface area (Å²) in [6.07, 6.45) is 1.25. The van der Waals surface area contributed by atoms with Gasteiger partial charge in [-0.2, -0.15) is 0 Å². The van der Waals surface area contributed by atoms with E-state index in [2.05, 4.69) is 32.9 Å². The Hall–Kier alpha value is -1.70. The Kier molecular flexibility index (Phi) is 3.75. The normalized spacial score (nSPS) is 10.1. The molecule has 0 aliphatic rings. The second kappa shape index (κ2) is 5.30. The van der Waals surface area contributed by atoms with Crippen LogP contribution in [0.2, 0.25) is 0 Å². The lowest BCUT2D eigenvalue weighted by Crippen LogP contribution is -2.05. The summed E-state index contributed by atoms with van der Waals surface area (Å²) in [6, 6.07) is 8.37. The maximum Gasteiger partial charge on any atom is 0.338 e. The van der Waals surface area contributed by atoms with E-state index in [4.69, 9.17) is 5.11 Å². The summed E-state index contributed by atoms with van der Waals surface area (Å²) in [7, 11) is 0. The van der Waals surface area contributed by atoms with Gasteiger partial charge in [0.25, 0.3) is 0 Å². The van der Waals surface area contributed by atoms with Crippen LogP contribution in [0, 0.1) is 9.39 Å². The highest BCUT2D eigenvalue weighted by Crippen LogP contribution is 2.21. The number of hydrogen-bond acceptors (Lipinski definition) is 3. The van der Waals surface area contributed by atoms with Crippen LogP contribution in [0.5, 0.6) is 0 Å². The van der Waals surface area contributed by atoms with Gasteiger partial charge in [0, 0.05) is 15.5 Å². The van der Waals surface area contributed by atoms with E-state index in [1.807, 2.05) is 12.1 Å². The molecule has 92 valence electrons. The maximum atomic E-state index is 13.8. The van der Waals surface area contributed by atoms with E-state index in [9.17, 15) is 9.18 Å². The number of aromatic carboxylic acids is 1. The van der Waals surface area contributed by atoms with Gasteiger partial charge in [0.15, 0.2) is 11.6 Å². The SMILES string of the molecule is O=C(O)c1ccnc(Nc2cccc(I)c2)c1F. The van der Waals surface area contributed by atoms with Gasteiger partial charge in [-0.05, 0) is 46.9 Å². The average Bonchev–Trinajstić information content (AvgIpc) is 2.31. The van der Waals surface area contributed by atoms with E-state index in [1.165, 1.54) is 6.20 Å². The number of carboxylic acid groups (broad SMARTS) is 1. The minimum atomic E-state index is -1.32. The van der Waals surface area contributed by atoms with Gasteiger partial charge < -0.3 is 10.4 Å². The van der Waals surface area contributed by atoms with Gasteiger partial charge in [-0.15, -0.1) is 0 Å². The molecule has 18 heavy (non-hydrogen) atoms. The smallest absolute Gasteiger partial charge is 0.338 e. The van der Waals surface area contributed by atoms with Crippen LogP contribution in [0.4, 0.5) is 15.9 Å². The van der Waals surface area contributed by atoms with Gasteiger partial charge >= 0.3 is 5.97 Å². The molecule has 4 nitrogen and oxygen atoms in total. The van der Waals surface area contributed by atoms with Crippen molar-refractivity contribution < 1.29 is 14.3 Å². The van der Waals surface area contributed by atoms with E-state index in [1.54, 1.807) is 12.1 Å². The molecule has 1 heterocycles. The number of nitrogens with one attached hydrogen (secondary N) is 1. The highest BCUT2D eigenvalue weighted by atomic mass is 127. The first-order valence-electron chi connectivity index (χ1n) is 4.98. The maximum absolute atomic E-state index is 13.8. The second-order valence-electron chi connectivity index (χ2n) is 3.46. The molecule has 0 bridgehead atoms. The molecule has 1 aromatic carbocycles. The number of nitrogens with zero attached hydrogens (tertiary/aromatic N) is 1. The first kappa shape index (κ1) is 12.7. The van der Waals surface area contributed by atoms with Gasteiger partial charge in [-0.3, -0.25) is 0 Å². The summed E-state index contributed by atoms with van der Waals surface area (Å²) in [5.41, 5.74) is 0.244. The van der Waals surface area contributed by atoms with Gasteiger partial charge in [-0.1, -0.05) is 6.07 Å². The highest BCUT2D eigenvalue weighted by molar-refractivity contribution is 14.1. The van der Waals surface area contributed by atoms with Crippen LogP contribution in [0.25, 0.3) is 0 Å². The van der Waals surface area contributed by atoms with Crippen LogP contribution in [0.15, 0.2) is 36.5 Å². The van der Waals surface area contributed by atoms with Crippen molar-refractivity contribution in [1.82, 2.24) is 4.98 Å². The van der Waals surface area contributed by atoms with Crippen LogP contribution < -0.4 is 5.32 Å². The zero-order valence-electron chi connectivity index (χ0n) is 9.02. The van der Waals surface area contributed by atoms with Crippen molar-refractivity contribution in [3.8, 4) is 0 Å². The lowest BCUT2D eigenvalue weighted by molar-refractivity contribution is 0.0692. The average molecular weight is 358 g/mol. The molecule has 6 heteroatoms. The number of aromatic nitrogens is 1. The molecule has 0 aliphatic carbocycles. The minimum absolute atomic E-state index is 0.100. The van der Waals surface area contributed by atoms with Crippen molar-refractivity contribution in [2.75, 3.05) is 5.32 Å². The highest BCUT2D eigenvalue weighted by Gasteiger charge is 2.14. The zero-order chi connectivity index (χ0) is 13.1. The van der Waals surface area contributed by atoms with E-state index >= 15 is 0 Å². The van der Waals surface area contributed by atoms with Crippen molar-refractivity contribution in [3.05, 3.63) is 51.5 Å². The third-order valence-electron chi connectivity index (χ3n) is 2.21. The quantitative estimate of drug-likeness (QED) is 0.827. The molecule has 0 aliphatic heterocycles. The number of benzene rings is 1. The number of carboxylic acids is 1. The molecule has 0 amide bonds. The minimum Gasteiger partial charge on any atom is -0.478 e. The molecule has 0 unspecified atom stereocenters. The van der Waals surface area contributed by atoms with Crippen LogP contribution in [0.1, 0.15) is 10.4 Å². The Balaban J connectivity index is 2.35. The standard InChI is InChI=1S/C12H8FIN2O2/c13-10-9(12(17)18)4-5-15-11(10)16-8-3-1-2-7(14)6-8/h1-6H,(H,15,16)(H,17,18). The van der Waals surface area contributed by atoms with E-state index in [0.29, 0.717) is 5.69 Å². The van der Waals surface area contributed by atoms with Crippen LogP contribution in [0.3, 0.4) is 0 Å². The summed E-state index contributed by atoms with van der Waals surface area (Å²) in [4.78, 5) is 14.6. The van der Waals surface area contributed by atoms with Crippen molar-refractivity contribution in [1.29, 1.82) is 0 Å². The lowest BCUT2D eigenvalue weighted by Gasteiger charge is -2.08. The Morgan fingerprint density at radius 1 is 1.39 bits per heavy atom. The first-order chi connectivity index (χ1) is 8.58. The fourth-order valence-electron chi connectivity index (χ4n) is 1.40. The fourth-order valence-corrected chi connectivity index (χ4v) is 1.94. The van der Waals surface area contributed by atoms with Gasteiger partial charge in [-0.25, -0.2) is 14.2 Å². The monoisotopic (exact) mass is 358 g/mol. The molecule has 0 spiro atoms. The molecule has 2 N–H and O–H groups in total.